The third kappa shape index (κ3) is 3.03. The van der Waals surface area contributed by atoms with Crippen LogP contribution in [0.15, 0.2) is 18.5 Å². The topological polar surface area (TPSA) is 24.9 Å². The van der Waals surface area contributed by atoms with Crippen molar-refractivity contribution in [2.24, 2.45) is 5.92 Å². The Morgan fingerprint density at radius 1 is 1.47 bits per heavy atom. The molecule has 1 heterocycles. The fourth-order valence-electron chi connectivity index (χ4n) is 2.20. The first-order valence-electron chi connectivity index (χ1n) is 5.78. The summed E-state index contributed by atoms with van der Waals surface area (Å²) in [6.45, 7) is 6.68. The maximum atomic E-state index is 4.14. The first kappa shape index (κ1) is 12.2. The lowest BCUT2D eigenvalue weighted by atomic mass is 9.89. The minimum absolute atomic E-state index is 0.452. The van der Waals surface area contributed by atoms with E-state index in [4.69, 9.17) is 0 Å². The number of aromatic nitrogens is 1. The molecule has 0 aliphatic rings. The fraction of sp³-hybridized carbons (Fsp3) is 0.615. The summed E-state index contributed by atoms with van der Waals surface area (Å²) < 4.78 is 0. The van der Waals surface area contributed by atoms with Crippen LogP contribution < -0.4 is 5.32 Å². The second-order valence-corrected chi connectivity index (χ2v) is 4.26. The molecule has 1 aromatic heterocycles. The lowest BCUT2D eigenvalue weighted by molar-refractivity contribution is 0.382. The van der Waals surface area contributed by atoms with Gasteiger partial charge < -0.3 is 5.32 Å². The second-order valence-electron chi connectivity index (χ2n) is 4.26. The minimum Gasteiger partial charge on any atom is -0.313 e. The van der Waals surface area contributed by atoms with Gasteiger partial charge in [0.15, 0.2) is 0 Å². The molecule has 1 aromatic rings. The zero-order valence-corrected chi connectivity index (χ0v) is 10.2. The monoisotopic (exact) mass is 206 g/mol. The minimum atomic E-state index is 0.452. The van der Waals surface area contributed by atoms with Crippen molar-refractivity contribution >= 4 is 0 Å². The molecule has 2 unspecified atom stereocenters. The van der Waals surface area contributed by atoms with Crippen molar-refractivity contribution < 1.29 is 0 Å². The van der Waals surface area contributed by atoms with E-state index in [1.54, 1.807) is 0 Å². The van der Waals surface area contributed by atoms with Gasteiger partial charge in [-0.05, 0) is 43.5 Å². The first-order valence-corrected chi connectivity index (χ1v) is 5.78. The Morgan fingerprint density at radius 3 is 2.73 bits per heavy atom. The molecule has 15 heavy (non-hydrogen) atoms. The third-order valence-corrected chi connectivity index (χ3v) is 3.02. The molecule has 0 aliphatic carbocycles. The van der Waals surface area contributed by atoms with Gasteiger partial charge in [0, 0.05) is 18.4 Å². The molecule has 2 atom stereocenters. The predicted molar refractivity (Wildman–Crippen MR) is 64.8 cm³/mol. The van der Waals surface area contributed by atoms with Gasteiger partial charge in [0.2, 0.25) is 0 Å². The smallest absolute Gasteiger partial charge is 0.0347 e. The third-order valence-electron chi connectivity index (χ3n) is 3.02. The molecular weight excluding hydrogens is 184 g/mol. The van der Waals surface area contributed by atoms with E-state index in [2.05, 4.69) is 37.1 Å². The van der Waals surface area contributed by atoms with E-state index >= 15 is 0 Å². The normalized spacial score (nSPS) is 14.9. The van der Waals surface area contributed by atoms with Crippen molar-refractivity contribution in [2.75, 3.05) is 7.05 Å². The lowest BCUT2D eigenvalue weighted by Gasteiger charge is -2.25. The van der Waals surface area contributed by atoms with Gasteiger partial charge in [0.05, 0.1) is 0 Å². The number of aryl methyl sites for hydroxylation is 1. The van der Waals surface area contributed by atoms with Gasteiger partial charge in [-0.3, -0.25) is 4.98 Å². The van der Waals surface area contributed by atoms with Crippen LogP contribution in [0, 0.1) is 12.8 Å². The number of nitrogens with zero attached hydrogens (tertiary/aromatic N) is 1. The van der Waals surface area contributed by atoms with Crippen LogP contribution in [0.25, 0.3) is 0 Å². The van der Waals surface area contributed by atoms with Crippen LogP contribution in [0.2, 0.25) is 0 Å². The van der Waals surface area contributed by atoms with E-state index in [-0.39, 0.29) is 0 Å². The fourth-order valence-corrected chi connectivity index (χ4v) is 2.20. The highest BCUT2D eigenvalue weighted by Crippen LogP contribution is 2.26. The SMILES string of the molecule is CCCC(C)C(NC)c1ccncc1C. The highest BCUT2D eigenvalue weighted by atomic mass is 14.9. The molecule has 0 radical (unpaired) electrons. The summed E-state index contributed by atoms with van der Waals surface area (Å²) in [7, 11) is 2.04. The molecule has 0 amide bonds. The molecule has 2 heteroatoms. The average molecular weight is 206 g/mol. The maximum Gasteiger partial charge on any atom is 0.0347 e. The Labute approximate surface area is 93.1 Å². The number of rotatable bonds is 5. The standard InChI is InChI=1S/C13H22N2/c1-5-6-10(2)13(14-4)12-7-8-15-9-11(12)3/h7-10,13-14H,5-6H2,1-4H3. The van der Waals surface area contributed by atoms with Crippen molar-refractivity contribution in [1.82, 2.24) is 10.3 Å². The molecule has 1 rings (SSSR count). The van der Waals surface area contributed by atoms with Crippen LogP contribution in [-0.2, 0) is 0 Å². The van der Waals surface area contributed by atoms with Crippen molar-refractivity contribution in [1.29, 1.82) is 0 Å². The van der Waals surface area contributed by atoms with Gasteiger partial charge in [0.1, 0.15) is 0 Å². The van der Waals surface area contributed by atoms with Gasteiger partial charge in [-0.2, -0.15) is 0 Å². The van der Waals surface area contributed by atoms with E-state index in [9.17, 15) is 0 Å². The molecule has 0 aliphatic heterocycles. The van der Waals surface area contributed by atoms with E-state index < -0.39 is 0 Å². The first-order chi connectivity index (χ1) is 7.20. The Balaban J connectivity index is 2.87. The van der Waals surface area contributed by atoms with Crippen LogP contribution >= 0.6 is 0 Å². The van der Waals surface area contributed by atoms with Crippen molar-refractivity contribution in [3.05, 3.63) is 29.6 Å². The number of hydrogen-bond donors (Lipinski definition) is 1. The molecule has 84 valence electrons. The molecule has 0 saturated carbocycles. The van der Waals surface area contributed by atoms with Crippen LogP contribution in [0.3, 0.4) is 0 Å². The van der Waals surface area contributed by atoms with Gasteiger partial charge >= 0.3 is 0 Å². The van der Waals surface area contributed by atoms with Crippen molar-refractivity contribution in [3.8, 4) is 0 Å². The Hall–Kier alpha value is -0.890. The number of nitrogens with one attached hydrogen (secondary N) is 1. The molecule has 2 nitrogen and oxygen atoms in total. The summed E-state index contributed by atoms with van der Waals surface area (Å²) in [5.41, 5.74) is 2.66. The zero-order chi connectivity index (χ0) is 11.3. The predicted octanol–water partition coefficient (Wildman–Crippen LogP) is 3.09. The summed E-state index contributed by atoms with van der Waals surface area (Å²) in [4.78, 5) is 4.14. The van der Waals surface area contributed by atoms with Gasteiger partial charge in [-0.1, -0.05) is 20.3 Å². The van der Waals surface area contributed by atoms with E-state index in [0.717, 1.165) is 0 Å². The summed E-state index contributed by atoms with van der Waals surface area (Å²) >= 11 is 0. The summed E-state index contributed by atoms with van der Waals surface area (Å²) in [6.07, 6.45) is 6.32. The molecular formula is C13H22N2. The second kappa shape index (κ2) is 5.86. The van der Waals surface area contributed by atoms with Crippen LogP contribution in [0.5, 0.6) is 0 Å². The van der Waals surface area contributed by atoms with Crippen molar-refractivity contribution in [3.63, 3.8) is 0 Å². The highest BCUT2D eigenvalue weighted by molar-refractivity contribution is 5.25. The lowest BCUT2D eigenvalue weighted by Crippen LogP contribution is -2.24. The molecule has 0 fully saturated rings. The quantitative estimate of drug-likeness (QED) is 0.800. The Bertz CT molecular complexity index is 296. The average Bonchev–Trinajstić information content (AvgIpc) is 2.22. The van der Waals surface area contributed by atoms with E-state index in [1.807, 2.05) is 19.4 Å². The Morgan fingerprint density at radius 2 is 2.20 bits per heavy atom. The molecule has 0 spiro atoms. The van der Waals surface area contributed by atoms with Crippen LogP contribution in [-0.4, -0.2) is 12.0 Å². The summed E-state index contributed by atoms with van der Waals surface area (Å²) in [6, 6.07) is 2.58. The van der Waals surface area contributed by atoms with Gasteiger partial charge in [0.25, 0.3) is 0 Å². The number of hydrogen-bond acceptors (Lipinski definition) is 2. The van der Waals surface area contributed by atoms with Gasteiger partial charge in [-0.15, -0.1) is 0 Å². The molecule has 0 saturated heterocycles. The van der Waals surface area contributed by atoms with E-state index in [0.29, 0.717) is 12.0 Å². The summed E-state index contributed by atoms with van der Waals surface area (Å²) in [5.74, 6) is 0.668. The van der Waals surface area contributed by atoms with E-state index in [1.165, 1.54) is 24.0 Å². The maximum absolute atomic E-state index is 4.14. The van der Waals surface area contributed by atoms with Gasteiger partial charge in [-0.25, -0.2) is 0 Å². The highest BCUT2D eigenvalue weighted by Gasteiger charge is 2.17. The zero-order valence-electron chi connectivity index (χ0n) is 10.2. The molecule has 1 N–H and O–H groups in total. The molecule has 0 bridgehead atoms. The Kier molecular flexibility index (Phi) is 4.76. The molecule has 0 aromatic carbocycles. The van der Waals surface area contributed by atoms with Crippen LogP contribution in [0.1, 0.15) is 43.9 Å². The van der Waals surface area contributed by atoms with Crippen molar-refractivity contribution in [2.45, 2.75) is 39.7 Å². The summed E-state index contributed by atoms with van der Waals surface area (Å²) in [5, 5.41) is 3.42. The van der Waals surface area contributed by atoms with Crippen LogP contribution in [0.4, 0.5) is 0 Å². The largest absolute Gasteiger partial charge is 0.313 e. The number of pyridine rings is 1.